The van der Waals surface area contributed by atoms with Crippen LogP contribution in [0.3, 0.4) is 0 Å². The molecule has 0 unspecified atom stereocenters. The lowest BCUT2D eigenvalue weighted by Crippen LogP contribution is -1.90. The van der Waals surface area contributed by atoms with Crippen molar-refractivity contribution in [3.63, 3.8) is 0 Å². The van der Waals surface area contributed by atoms with E-state index < -0.39 is 0 Å². The van der Waals surface area contributed by atoms with Crippen LogP contribution in [0.5, 0.6) is 5.75 Å². The van der Waals surface area contributed by atoms with E-state index in [4.69, 9.17) is 5.73 Å². The summed E-state index contributed by atoms with van der Waals surface area (Å²) >= 11 is 2.04. The van der Waals surface area contributed by atoms with Crippen LogP contribution in [0.2, 0.25) is 0 Å². The van der Waals surface area contributed by atoms with Crippen LogP contribution < -0.4 is 5.73 Å². The van der Waals surface area contributed by atoms with Crippen LogP contribution in [0.15, 0.2) is 18.7 Å². The highest BCUT2D eigenvalue weighted by atomic mass is 127. The van der Waals surface area contributed by atoms with Gasteiger partial charge in [0.1, 0.15) is 5.75 Å². The number of nitrogens with two attached hydrogens (primary N) is 1. The zero-order valence-electron chi connectivity index (χ0n) is 5.84. The summed E-state index contributed by atoms with van der Waals surface area (Å²) in [5, 5.41) is 9.42. The molecule has 3 heteroatoms. The standard InChI is InChI=1S/C8H8INO/c1-2-5-7(10)4-3-6(9)8(5)11/h2-4,11H,1,10H2. The van der Waals surface area contributed by atoms with Crippen LogP contribution in [0.25, 0.3) is 6.08 Å². The van der Waals surface area contributed by atoms with E-state index >= 15 is 0 Å². The van der Waals surface area contributed by atoms with Gasteiger partial charge >= 0.3 is 0 Å². The molecule has 2 nitrogen and oxygen atoms in total. The zero-order chi connectivity index (χ0) is 8.43. The van der Waals surface area contributed by atoms with E-state index in [2.05, 4.69) is 6.58 Å². The Kier molecular flexibility index (Phi) is 2.38. The minimum Gasteiger partial charge on any atom is -0.506 e. The largest absolute Gasteiger partial charge is 0.506 e. The van der Waals surface area contributed by atoms with Crippen LogP contribution >= 0.6 is 22.6 Å². The van der Waals surface area contributed by atoms with Crippen molar-refractivity contribution in [3.8, 4) is 5.75 Å². The highest BCUT2D eigenvalue weighted by molar-refractivity contribution is 14.1. The number of anilines is 1. The first kappa shape index (κ1) is 8.39. The number of halogens is 1. The molecule has 0 aromatic heterocycles. The van der Waals surface area contributed by atoms with E-state index in [1.807, 2.05) is 22.6 Å². The fourth-order valence-electron chi connectivity index (χ4n) is 0.812. The maximum atomic E-state index is 9.42. The number of phenolic OH excluding ortho intramolecular Hbond substituents is 1. The fraction of sp³-hybridized carbons (Fsp3) is 0. The Hall–Kier alpha value is -0.710. The highest BCUT2D eigenvalue weighted by Gasteiger charge is 2.04. The number of phenols is 1. The van der Waals surface area contributed by atoms with Crippen molar-refractivity contribution >= 4 is 34.4 Å². The van der Waals surface area contributed by atoms with E-state index in [-0.39, 0.29) is 5.75 Å². The Labute approximate surface area is 78.9 Å². The summed E-state index contributed by atoms with van der Waals surface area (Å²) in [5.74, 6) is 0.209. The predicted molar refractivity (Wildman–Crippen MR) is 55.3 cm³/mol. The maximum Gasteiger partial charge on any atom is 0.138 e. The first-order chi connectivity index (χ1) is 5.16. The van der Waals surface area contributed by atoms with Gasteiger partial charge in [-0.1, -0.05) is 12.7 Å². The molecule has 3 N–H and O–H groups in total. The van der Waals surface area contributed by atoms with Gasteiger partial charge in [-0.25, -0.2) is 0 Å². The van der Waals surface area contributed by atoms with Gasteiger partial charge in [0.15, 0.2) is 0 Å². The third-order valence-electron chi connectivity index (χ3n) is 1.41. The van der Waals surface area contributed by atoms with Crippen molar-refractivity contribution in [2.45, 2.75) is 0 Å². The predicted octanol–water partition coefficient (Wildman–Crippen LogP) is 2.22. The Balaban J connectivity index is 3.40. The van der Waals surface area contributed by atoms with Crippen LogP contribution in [0.1, 0.15) is 5.56 Å². The summed E-state index contributed by atoms with van der Waals surface area (Å²) in [7, 11) is 0. The molecule has 1 rings (SSSR count). The highest BCUT2D eigenvalue weighted by Crippen LogP contribution is 2.29. The van der Waals surface area contributed by atoms with Crippen molar-refractivity contribution in [1.82, 2.24) is 0 Å². The van der Waals surface area contributed by atoms with E-state index in [0.29, 0.717) is 11.3 Å². The van der Waals surface area contributed by atoms with E-state index in [1.54, 1.807) is 18.2 Å². The lowest BCUT2D eigenvalue weighted by atomic mass is 10.1. The monoisotopic (exact) mass is 261 g/mol. The molecule has 0 amide bonds. The van der Waals surface area contributed by atoms with Crippen LogP contribution in [-0.4, -0.2) is 5.11 Å². The molecule has 1 aromatic rings. The molecule has 0 bridgehead atoms. The minimum atomic E-state index is 0.209. The van der Waals surface area contributed by atoms with Gasteiger partial charge in [-0.3, -0.25) is 0 Å². The summed E-state index contributed by atoms with van der Waals surface area (Å²) in [6.07, 6.45) is 1.55. The summed E-state index contributed by atoms with van der Waals surface area (Å²) in [5.41, 5.74) is 6.73. The van der Waals surface area contributed by atoms with Gasteiger partial charge in [0.05, 0.1) is 3.57 Å². The lowest BCUT2D eigenvalue weighted by molar-refractivity contribution is 0.470. The van der Waals surface area contributed by atoms with Gasteiger partial charge in [0.25, 0.3) is 0 Å². The molecule has 0 radical (unpaired) electrons. The van der Waals surface area contributed by atoms with Gasteiger partial charge in [-0.2, -0.15) is 0 Å². The molecule has 1 aromatic carbocycles. The molecule has 58 valence electrons. The second-order valence-corrected chi connectivity index (χ2v) is 3.27. The van der Waals surface area contributed by atoms with E-state index in [9.17, 15) is 5.11 Å². The number of rotatable bonds is 1. The van der Waals surface area contributed by atoms with Gasteiger partial charge in [0.2, 0.25) is 0 Å². The number of hydrogen-bond donors (Lipinski definition) is 2. The fourth-order valence-corrected chi connectivity index (χ4v) is 1.28. The van der Waals surface area contributed by atoms with E-state index in [1.165, 1.54) is 0 Å². The van der Waals surface area contributed by atoms with Gasteiger partial charge in [-0.15, -0.1) is 0 Å². The molecule has 0 atom stereocenters. The molecular weight excluding hydrogens is 253 g/mol. The number of aromatic hydroxyl groups is 1. The molecule has 0 fully saturated rings. The Morgan fingerprint density at radius 3 is 2.64 bits per heavy atom. The molecule has 0 heterocycles. The van der Waals surface area contributed by atoms with Gasteiger partial charge in [-0.05, 0) is 34.7 Å². The first-order valence-corrected chi connectivity index (χ1v) is 4.14. The number of hydrogen-bond acceptors (Lipinski definition) is 2. The Morgan fingerprint density at radius 1 is 1.55 bits per heavy atom. The lowest BCUT2D eigenvalue weighted by Gasteiger charge is -2.04. The molecule has 0 spiro atoms. The minimum absolute atomic E-state index is 0.209. The molecule has 0 aliphatic rings. The van der Waals surface area contributed by atoms with E-state index in [0.717, 1.165) is 3.57 Å². The van der Waals surface area contributed by atoms with Crippen LogP contribution in [-0.2, 0) is 0 Å². The summed E-state index contributed by atoms with van der Waals surface area (Å²) in [6, 6.07) is 3.51. The number of benzene rings is 1. The van der Waals surface area contributed by atoms with Crippen LogP contribution in [0.4, 0.5) is 5.69 Å². The summed E-state index contributed by atoms with van der Waals surface area (Å²) in [4.78, 5) is 0. The average molecular weight is 261 g/mol. The summed E-state index contributed by atoms with van der Waals surface area (Å²) in [6.45, 7) is 3.55. The molecule has 0 aliphatic heterocycles. The van der Waals surface area contributed by atoms with Crippen molar-refractivity contribution in [1.29, 1.82) is 0 Å². The van der Waals surface area contributed by atoms with Crippen molar-refractivity contribution in [3.05, 3.63) is 27.8 Å². The molecule has 0 aliphatic carbocycles. The smallest absolute Gasteiger partial charge is 0.138 e. The second kappa shape index (κ2) is 3.13. The first-order valence-electron chi connectivity index (χ1n) is 3.06. The van der Waals surface area contributed by atoms with Crippen molar-refractivity contribution in [2.24, 2.45) is 0 Å². The molecular formula is C8H8INO. The SMILES string of the molecule is C=Cc1c(N)ccc(I)c1O. The van der Waals surface area contributed by atoms with Crippen molar-refractivity contribution in [2.75, 3.05) is 5.73 Å². The molecule has 0 saturated heterocycles. The Morgan fingerprint density at radius 2 is 2.18 bits per heavy atom. The Bertz CT molecular complexity index is 296. The topological polar surface area (TPSA) is 46.2 Å². The number of nitrogen functional groups attached to an aromatic ring is 1. The average Bonchev–Trinajstić information content (AvgIpc) is 1.99. The van der Waals surface area contributed by atoms with Gasteiger partial charge in [0, 0.05) is 11.3 Å². The second-order valence-electron chi connectivity index (χ2n) is 2.10. The third-order valence-corrected chi connectivity index (χ3v) is 2.28. The summed E-state index contributed by atoms with van der Waals surface area (Å²) < 4.78 is 0.784. The third kappa shape index (κ3) is 1.48. The normalized spacial score (nSPS) is 9.55. The van der Waals surface area contributed by atoms with Crippen molar-refractivity contribution < 1.29 is 5.11 Å². The quantitative estimate of drug-likeness (QED) is 0.601. The molecule has 11 heavy (non-hydrogen) atoms. The maximum absolute atomic E-state index is 9.42. The van der Waals surface area contributed by atoms with Crippen LogP contribution in [0, 0.1) is 3.57 Å². The zero-order valence-corrected chi connectivity index (χ0v) is 8.00. The molecule has 0 saturated carbocycles. The van der Waals surface area contributed by atoms with Gasteiger partial charge < -0.3 is 10.8 Å².